The molecule has 1 saturated carbocycles. The summed E-state index contributed by atoms with van der Waals surface area (Å²) in [4.78, 5) is 9.26. The summed E-state index contributed by atoms with van der Waals surface area (Å²) in [5.41, 5.74) is 3.66. The topological polar surface area (TPSA) is 49.6 Å². The minimum absolute atomic E-state index is 0.0719. The lowest BCUT2D eigenvalue weighted by atomic mass is 9.67. The van der Waals surface area contributed by atoms with Crippen molar-refractivity contribution in [2.24, 2.45) is 5.41 Å². The number of aryl methyl sites for hydroxylation is 1. The Morgan fingerprint density at radius 2 is 1.50 bits per heavy atom. The number of unbranched alkanes of at least 4 members (excludes halogenated alkanes) is 6. The van der Waals surface area contributed by atoms with Gasteiger partial charge in [-0.25, -0.2) is 9.97 Å². The molecule has 172 valence electrons. The molecule has 2 aromatic rings. The molecule has 0 amide bonds. The lowest BCUT2D eigenvalue weighted by molar-refractivity contribution is 0.224. The SMILES string of the molecule is CCCCCCCCc1cnc(-c2ccc(C3CCC(C#N)(CCCC)CC3)cc2)nc1. The second kappa shape index (κ2) is 12.7. The normalized spacial score (nSPS) is 20.7. The van der Waals surface area contributed by atoms with Crippen molar-refractivity contribution in [2.45, 2.75) is 110 Å². The number of nitrogens with zero attached hydrogens (tertiary/aromatic N) is 3. The van der Waals surface area contributed by atoms with E-state index in [9.17, 15) is 5.26 Å². The van der Waals surface area contributed by atoms with E-state index in [0.717, 1.165) is 49.9 Å². The lowest BCUT2D eigenvalue weighted by Crippen LogP contribution is -2.25. The van der Waals surface area contributed by atoms with Gasteiger partial charge in [0, 0.05) is 18.0 Å². The van der Waals surface area contributed by atoms with E-state index in [1.165, 1.54) is 62.5 Å². The average Bonchev–Trinajstić information content (AvgIpc) is 2.86. The molecule has 3 heteroatoms. The van der Waals surface area contributed by atoms with Crippen LogP contribution < -0.4 is 0 Å². The zero-order valence-electron chi connectivity index (χ0n) is 20.3. The molecule has 0 N–H and O–H groups in total. The zero-order valence-corrected chi connectivity index (χ0v) is 20.3. The molecule has 1 aromatic carbocycles. The van der Waals surface area contributed by atoms with Crippen LogP contribution in [0.1, 0.15) is 114 Å². The van der Waals surface area contributed by atoms with Gasteiger partial charge >= 0.3 is 0 Å². The van der Waals surface area contributed by atoms with Gasteiger partial charge in [0.2, 0.25) is 0 Å². The van der Waals surface area contributed by atoms with Crippen LogP contribution >= 0.6 is 0 Å². The number of hydrogen-bond donors (Lipinski definition) is 0. The molecule has 32 heavy (non-hydrogen) atoms. The number of nitriles is 1. The van der Waals surface area contributed by atoms with Gasteiger partial charge in [0.1, 0.15) is 0 Å². The van der Waals surface area contributed by atoms with E-state index in [2.05, 4.69) is 54.2 Å². The molecule has 3 rings (SSSR count). The highest BCUT2D eigenvalue weighted by molar-refractivity contribution is 5.55. The van der Waals surface area contributed by atoms with Crippen LogP contribution in [0.15, 0.2) is 36.7 Å². The summed E-state index contributed by atoms with van der Waals surface area (Å²) in [6.07, 6.45) is 20.7. The van der Waals surface area contributed by atoms with E-state index in [4.69, 9.17) is 0 Å². The minimum Gasteiger partial charge on any atom is -0.236 e. The molecular weight excluding hydrogens is 390 g/mol. The van der Waals surface area contributed by atoms with Crippen LogP contribution in [-0.4, -0.2) is 9.97 Å². The van der Waals surface area contributed by atoms with Gasteiger partial charge in [-0.05, 0) is 62.0 Å². The molecule has 0 unspecified atom stereocenters. The Morgan fingerprint density at radius 1 is 0.875 bits per heavy atom. The molecule has 1 aliphatic carbocycles. The van der Waals surface area contributed by atoms with Crippen LogP contribution in [0.2, 0.25) is 0 Å². The molecule has 0 bridgehead atoms. The van der Waals surface area contributed by atoms with Gasteiger partial charge in [-0.3, -0.25) is 0 Å². The van der Waals surface area contributed by atoms with Crippen LogP contribution in [0.5, 0.6) is 0 Å². The molecule has 0 atom stereocenters. The van der Waals surface area contributed by atoms with Gasteiger partial charge in [0.05, 0.1) is 11.5 Å². The van der Waals surface area contributed by atoms with Crippen molar-refractivity contribution in [3.05, 3.63) is 47.8 Å². The maximum Gasteiger partial charge on any atom is 0.159 e. The number of benzene rings is 1. The number of aromatic nitrogens is 2. The molecule has 3 nitrogen and oxygen atoms in total. The number of rotatable bonds is 12. The Hall–Kier alpha value is -2.21. The van der Waals surface area contributed by atoms with Crippen molar-refractivity contribution in [2.75, 3.05) is 0 Å². The van der Waals surface area contributed by atoms with Crippen LogP contribution in [0.3, 0.4) is 0 Å². The Kier molecular flexibility index (Phi) is 9.72. The summed E-state index contributed by atoms with van der Waals surface area (Å²) in [5.74, 6) is 1.39. The summed E-state index contributed by atoms with van der Waals surface area (Å²) in [7, 11) is 0. The standard InChI is InChI=1S/C29H41N3/c1-3-5-7-8-9-10-11-24-21-31-28(32-22-24)27-14-12-25(13-15-27)26-16-19-29(23-30,20-17-26)18-6-4-2/h12-15,21-22,26H,3-11,16-20H2,1-2H3. The summed E-state index contributed by atoms with van der Waals surface area (Å²) in [5, 5.41) is 9.73. The molecule has 0 saturated heterocycles. The van der Waals surface area contributed by atoms with E-state index in [-0.39, 0.29) is 5.41 Å². The van der Waals surface area contributed by atoms with Gasteiger partial charge in [-0.2, -0.15) is 5.26 Å². The summed E-state index contributed by atoms with van der Waals surface area (Å²) in [6, 6.07) is 11.5. The van der Waals surface area contributed by atoms with E-state index in [1.54, 1.807) is 0 Å². The smallest absolute Gasteiger partial charge is 0.159 e. The predicted octanol–water partition coefficient (Wildman–Crippen LogP) is 8.40. The van der Waals surface area contributed by atoms with Gasteiger partial charge in [-0.15, -0.1) is 0 Å². The van der Waals surface area contributed by atoms with Crippen molar-refractivity contribution >= 4 is 0 Å². The summed E-state index contributed by atoms with van der Waals surface area (Å²) >= 11 is 0. The fourth-order valence-electron chi connectivity index (χ4n) is 5.08. The highest BCUT2D eigenvalue weighted by Crippen LogP contribution is 2.45. The Balaban J connectivity index is 1.50. The lowest BCUT2D eigenvalue weighted by Gasteiger charge is -2.35. The van der Waals surface area contributed by atoms with E-state index >= 15 is 0 Å². The third-order valence-corrected chi connectivity index (χ3v) is 7.35. The van der Waals surface area contributed by atoms with Crippen LogP contribution in [0.25, 0.3) is 11.4 Å². The van der Waals surface area contributed by atoms with E-state index < -0.39 is 0 Å². The maximum absolute atomic E-state index is 9.73. The Labute approximate surface area is 195 Å². The fraction of sp³-hybridized carbons (Fsp3) is 0.621. The van der Waals surface area contributed by atoms with Crippen LogP contribution in [0.4, 0.5) is 0 Å². The van der Waals surface area contributed by atoms with Gasteiger partial charge < -0.3 is 0 Å². The number of hydrogen-bond acceptors (Lipinski definition) is 3. The Bertz CT molecular complexity index is 824. The largest absolute Gasteiger partial charge is 0.236 e. The van der Waals surface area contributed by atoms with E-state index in [0.29, 0.717) is 5.92 Å². The molecule has 1 aromatic heterocycles. The molecule has 1 aliphatic rings. The first kappa shape index (κ1) is 24.4. The van der Waals surface area contributed by atoms with Gasteiger partial charge in [0.25, 0.3) is 0 Å². The van der Waals surface area contributed by atoms with Gasteiger partial charge in [-0.1, -0.05) is 83.1 Å². The molecule has 1 heterocycles. The fourth-order valence-corrected chi connectivity index (χ4v) is 5.08. The van der Waals surface area contributed by atoms with E-state index in [1.807, 2.05) is 12.4 Å². The third-order valence-electron chi connectivity index (χ3n) is 7.35. The second-order valence-electron chi connectivity index (χ2n) is 9.82. The third kappa shape index (κ3) is 6.89. The first-order valence-electron chi connectivity index (χ1n) is 13.0. The van der Waals surface area contributed by atoms with Crippen molar-refractivity contribution in [1.82, 2.24) is 9.97 Å². The van der Waals surface area contributed by atoms with Crippen LogP contribution in [0, 0.1) is 16.7 Å². The molecule has 0 aliphatic heterocycles. The first-order chi connectivity index (χ1) is 15.7. The highest BCUT2D eigenvalue weighted by Gasteiger charge is 2.35. The maximum atomic E-state index is 9.73. The second-order valence-corrected chi connectivity index (χ2v) is 9.82. The first-order valence-corrected chi connectivity index (χ1v) is 13.0. The molecular formula is C29H41N3. The van der Waals surface area contributed by atoms with Crippen molar-refractivity contribution in [3.8, 4) is 17.5 Å². The van der Waals surface area contributed by atoms with Crippen molar-refractivity contribution < 1.29 is 0 Å². The molecule has 0 spiro atoms. The zero-order chi connectivity index (χ0) is 22.7. The van der Waals surface area contributed by atoms with Crippen LogP contribution in [-0.2, 0) is 6.42 Å². The highest BCUT2D eigenvalue weighted by atomic mass is 14.9. The van der Waals surface area contributed by atoms with Crippen molar-refractivity contribution in [3.63, 3.8) is 0 Å². The summed E-state index contributed by atoms with van der Waals surface area (Å²) in [6.45, 7) is 4.47. The predicted molar refractivity (Wildman–Crippen MR) is 133 cm³/mol. The summed E-state index contributed by atoms with van der Waals surface area (Å²) < 4.78 is 0. The minimum atomic E-state index is -0.0719. The Morgan fingerprint density at radius 3 is 2.12 bits per heavy atom. The van der Waals surface area contributed by atoms with Crippen molar-refractivity contribution in [1.29, 1.82) is 5.26 Å². The molecule has 1 fully saturated rings. The quantitative estimate of drug-likeness (QED) is 0.317. The average molecular weight is 432 g/mol. The monoisotopic (exact) mass is 431 g/mol. The molecule has 0 radical (unpaired) electrons. The van der Waals surface area contributed by atoms with Gasteiger partial charge in [0.15, 0.2) is 5.82 Å².